The fourth-order valence-corrected chi connectivity index (χ4v) is 4.98. The number of unbranched alkanes of at least 4 members (excludes halogenated alkanes) is 1. The number of pyridine rings is 1. The summed E-state index contributed by atoms with van der Waals surface area (Å²) in [5.41, 5.74) is 2.83. The fraction of sp³-hybridized carbons (Fsp3) is 0.280. The number of nitrogens with zero attached hydrogens (tertiary/aromatic N) is 3. The number of thiocarbonyl (C=S) groups is 1. The summed E-state index contributed by atoms with van der Waals surface area (Å²) in [6, 6.07) is 13.9. The van der Waals surface area contributed by atoms with Crippen molar-refractivity contribution in [1.29, 1.82) is 0 Å². The first-order valence-electron chi connectivity index (χ1n) is 11.0. The molecule has 0 unspecified atom stereocenters. The molecule has 1 amide bonds. The Kier molecular flexibility index (Phi) is 7.25. The van der Waals surface area contributed by atoms with E-state index in [0.717, 1.165) is 24.8 Å². The van der Waals surface area contributed by atoms with Crippen LogP contribution in [0.3, 0.4) is 0 Å². The number of rotatable bonds is 8. The van der Waals surface area contributed by atoms with E-state index in [2.05, 4.69) is 24.4 Å². The van der Waals surface area contributed by atoms with Crippen molar-refractivity contribution in [3.05, 3.63) is 80.6 Å². The van der Waals surface area contributed by atoms with Gasteiger partial charge in [0.25, 0.3) is 11.5 Å². The molecule has 4 rings (SSSR count). The van der Waals surface area contributed by atoms with Gasteiger partial charge >= 0.3 is 0 Å². The smallest absolute Gasteiger partial charge is 0.267 e. The van der Waals surface area contributed by atoms with Crippen molar-refractivity contribution in [1.82, 2.24) is 14.3 Å². The molecule has 1 aromatic carbocycles. The van der Waals surface area contributed by atoms with Crippen LogP contribution in [0.4, 0.5) is 5.82 Å². The van der Waals surface area contributed by atoms with Gasteiger partial charge in [0.05, 0.1) is 10.5 Å². The van der Waals surface area contributed by atoms with Crippen LogP contribution in [0.15, 0.2) is 58.4 Å². The lowest BCUT2D eigenvalue weighted by Gasteiger charge is -2.13. The van der Waals surface area contributed by atoms with Gasteiger partial charge in [0.1, 0.15) is 15.8 Å². The minimum Gasteiger partial charge on any atom is -0.369 e. The molecule has 3 aromatic rings. The van der Waals surface area contributed by atoms with E-state index in [1.54, 1.807) is 17.2 Å². The largest absolute Gasteiger partial charge is 0.369 e. The highest BCUT2D eigenvalue weighted by Crippen LogP contribution is 2.33. The lowest BCUT2D eigenvalue weighted by molar-refractivity contribution is -0.122. The summed E-state index contributed by atoms with van der Waals surface area (Å²) in [7, 11) is 0. The maximum atomic E-state index is 13.4. The normalized spacial score (nSPS) is 15.1. The Morgan fingerprint density at radius 2 is 1.94 bits per heavy atom. The topological polar surface area (TPSA) is 66.7 Å². The fourth-order valence-electron chi connectivity index (χ4n) is 3.69. The Bertz CT molecular complexity index is 1280. The van der Waals surface area contributed by atoms with Crippen LogP contribution in [0.1, 0.15) is 36.5 Å². The number of benzene rings is 1. The molecule has 1 saturated heterocycles. The number of thioether (sulfide) groups is 1. The maximum absolute atomic E-state index is 13.4. The highest BCUT2D eigenvalue weighted by molar-refractivity contribution is 8.26. The van der Waals surface area contributed by atoms with Gasteiger partial charge in [-0.3, -0.25) is 18.9 Å². The lowest BCUT2D eigenvalue weighted by Crippen LogP contribution is -2.29. The number of anilines is 1. The van der Waals surface area contributed by atoms with Gasteiger partial charge in [-0.15, -0.1) is 0 Å². The van der Waals surface area contributed by atoms with Crippen LogP contribution >= 0.6 is 24.0 Å². The molecule has 1 aliphatic heterocycles. The predicted octanol–water partition coefficient (Wildman–Crippen LogP) is 4.66. The van der Waals surface area contributed by atoms with Gasteiger partial charge in [-0.2, -0.15) is 0 Å². The first-order valence-corrected chi connectivity index (χ1v) is 12.3. The second-order valence-electron chi connectivity index (χ2n) is 7.91. The molecule has 33 heavy (non-hydrogen) atoms. The van der Waals surface area contributed by atoms with Gasteiger partial charge in [-0.05, 0) is 43.0 Å². The first kappa shape index (κ1) is 23.2. The van der Waals surface area contributed by atoms with Gasteiger partial charge in [-0.25, -0.2) is 4.98 Å². The van der Waals surface area contributed by atoms with Gasteiger partial charge in [0, 0.05) is 19.3 Å². The molecular formula is C25H26N4O2S2. The second-order valence-corrected chi connectivity index (χ2v) is 9.59. The van der Waals surface area contributed by atoms with Crippen LogP contribution in [0.25, 0.3) is 11.7 Å². The first-order chi connectivity index (χ1) is 16.0. The van der Waals surface area contributed by atoms with E-state index >= 15 is 0 Å². The van der Waals surface area contributed by atoms with E-state index in [-0.39, 0.29) is 11.5 Å². The summed E-state index contributed by atoms with van der Waals surface area (Å²) < 4.78 is 2.06. The summed E-state index contributed by atoms with van der Waals surface area (Å²) in [6.07, 6.45) is 5.98. The molecule has 0 radical (unpaired) electrons. The van der Waals surface area contributed by atoms with Crippen molar-refractivity contribution < 1.29 is 4.79 Å². The van der Waals surface area contributed by atoms with Crippen LogP contribution < -0.4 is 10.9 Å². The molecule has 0 atom stereocenters. The number of hydrogen-bond acceptors (Lipinski definition) is 6. The number of fused-ring (bicyclic) bond motifs is 1. The molecular weight excluding hydrogens is 452 g/mol. The van der Waals surface area contributed by atoms with Crippen LogP contribution in [0.5, 0.6) is 0 Å². The standard InChI is InChI=1S/C25H26N4O2S2/c1-3-4-14-29-24(31)20(33-25(29)32)16-19-21(26-13-12-18-10-6-5-7-11-18)27-22-17(2)9-8-15-28(22)23(19)30/h5-11,15-16,26H,3-4,12-14H2,1-2H3. The van der Waals surface area contributed by atoms with Crippen LogP contribution in [0, 0.1) is 6.92 Å². The molecule has 1 N–H and O–H groups in total. The van der Waals surface area contributed by atoms with E-state index in [9.17, 15) is 9.59 Å². The van der Waals surface area contributed by atoms with Crippen molar-refractivity contribution in [2.24, 2.45) is 0 Å². The van der Waals surface area contributed by atoms with Gasteiger partial charge in [0.2, 0.25) is 0 Å². The molecule has 0 aliphatic carbocycles. The SMILES string of the molecule is CCCCN1C(=O)C(=Cc2c(NCCc3ccccc3)nc3c(C)cccn3c2=O)SC1=S. The number of carbonyl (C=O) groups is 1. The summed E-state index contributed by atoms with van der Waals surface area (Å²) in [6.45, 7) is 5.20. The minimum absolute atomic E-state index is 0.151. The van der Waals surface area contributed by atoms with Crippen LogP contribution in [-0.4, -0.2) is 37.6 Å². The van der Waals surface area contributed by atoms with Gasteiger partial charge < -0.3 is 5.32 Å². The van der Waals surface area contributed by atoms with E-state index < -0.39 is 0 Å². The lowest BCUT2D eigenvalue weighted by atomic mass is 10.1. The average Bonchev–Trinajstić information content (AvgIpc) is 3.08. The van der Waals surface area contributed by atoms with Crippen molar-refractivity contribution in [2.45, 2.75) is 33.1 Å². The van der Waals surface area contributed by atoms with Crippen molar-refractivity contribution in [2.75, 3.05) is 18.4 Å². The Labute approximate surface area is 202 Å². The third-order valence-corrected chi connectivity index (χ3v) is 6.90. The molecule has 0 bridgehead atoms. The average molecular weight is 479 g/mol. The monoisotopic (exact) mass is 478 g/mol. The zero-order chi connectivity index (χ0) is 23.4. The van der Waals surface area contributed by atoms with E-state index in [0.29, 0.717) is 39.3 Å². The number of nitrogens with one attached hydrogen (secondary N) is 1. The van der Waals surface area contributed by atoms with Crippen LogP contribution in [-0.2, 0) is 11.2 Å². The number of aryl methyl sites for hydroxylation is 1. The number of amides is 1. The number of hydrogen-bond donors (Lipinski definition) is 1. The Morgan fingerprint density at radius 3 is 2.70 bits per heavy atom. The summed E-state index contributed by atoms with van der Waals surface area (Å²) in [5, 5.41) is 3.33. The van der Waals surface area contributed by atoms with Crippen molar-refractivity contribution in [3.8, 4) is 0 Å². The predicted molar refractivity (Wildman–Crippen MR) is 140 cm³/mol. The number of aromatic nitrogens is 2. The second kappa shape index (κ2) is 10.3. The van der Waals surface area contributed by atoms with Gasteiger partial charge in [0.15, 0.2) is 0 Å². The zero-order valence-electron chi connectivity index (χ0n) is 18.7. The van der Waals surface area contributed by atoms with E-state index in [4.69, 9.17) is 17.2 Å². The molecule has 1 aliphatic rings. The number of carbonyl (C=O) groups excluding carboxylic acids is 1. The highest BCUT2D eigenvalue weighted by Gasteiger charge is 2.32. The molecule has 170 valence electrons. The molecule has 6 nitrogen and oxygen atoms in total. The van der Waals surface area contributed by atoms with Crippen molar-refractivity contribution in [3.63, 3.8) is 0 Å². The third kappa shape index (κ3) is 5.02. The molecule has 0 saturated carbocycles. The molecule has 8 heteroatoms. The van der Waals surface area contributed by atoms with Crippen molar-refractivity contribution >= 4 is 51.7 Å². The molecule has 3 heterocycles. The third-order valence-electron chi connectivity index (χ3n) is 5.52. The minimum atomic E-state index is -0.218. The Hall–Kier alpha value is -2.97. The highest BCUT2D eigenvalue weighted by atomic mass is 32.2. The summed E-state index contributed by atoms with van der Waals surface area (Å²) >= 11 is 6.66. The maximum Gasteiger partial charge on any atom is 0.267 e. The summed E-state index contributed by atoms with van der Waals surface area (Å²) in [5.74, 6) is 0.325. The van der Waals surface area contributed by atoms with Crippen LogP contribution in [0.2, 0.25) is 0 Å². The van der Waals surface area contributed by atoms with E-state index in [1.807, 2.05) is 37.3 Å². The Balaban J connectivity index is 1.71. The summed E-state index contributed by atoms with van der Waals surface area (Å²) in [4.78, 5) is 33.2. The quantitative estimate of drug-likeness (QED) is 0.375. The molecule has 2 aromatic heterocycles. The molecule has 0 spiro atoms. The Morgan fingerprint density at radius 1 is 1.15 bits per heavy atom. The van der Waals surface area contributed by atoms with Gasteiger partial charge in [-0.1, -0.05) is 73.7 Å². The van der Waals surface area contributed by atoms with E-state index in [1.165, 1.54) is 21.7 Å². The molecule has 1 fully saturated rings. The zero-order valence-corrected chi connectivity index (χ0v) is 20.3.